The van der Waals surface area contributed by atoms with Gasteiger partial charge in [-0.25, -0.2) is 4.79 Å². The highest BCUT2D eigenvalue weighted by Crippen LogP contribution is 2.36. The van der Waals surface area contributed by atoms with Gasteiger partial charge < -0.3 is 25.0 Å². The number of hydrogen-bond acceptors (Lipinski definition) is 4. The molecule has 0 unspecified atom stereocenters. The lowest BCUT2D eigenvalue weighted by atomic mass is 10.0. The van der Waals surface area contributed by atoms with Crippen LogP contribution in [0.25, 0.3) is 0 Å². The zero-order chi connectivity index (χ0) is 20.4. The van der Waals surface area contributed by atoms with Crippen molar-refractivity contribution in [1.29, 1.82) is 0 Å². The summed E-state index contributed by atoms with van der Waals surface area (Å²) < 4.78 is 10.5. The van der Waals surface area contributed by atoms with Crippen LogP contribution in [-0.4, -0.2) is 32.7 Å². The molecule has 7 nitrogen and oxygen atoms in total. The molecule has 29 heavy (non-hydrogen) atoms. The topological polar surface area (TPSA) is 79.9 Å². The second-order valence-corrected chi connectivity index (χ2v) is 7.39. The predicted molar refractivity (Wildman–Crippen MR) is 112 cm³/mol. The average molecular weight is 395 g/mol. The first-order chi connectivity index (χ1) is 14.1. The molecule has 1 heterocycles. The van der Waals surface area contributed by atoms with Crippen LogP contribution >= 0.6 is 0 Å². The molecule has 3 amide bonds. The Bertz CT molecular complexity index is 917. The molecule has 1 fully saturated rings. The van der Waals surface area contributed by atoms with E-state index in [4.69, 9.17) is 9.47 Å². The number of methoxy groups -OCH3 is 2. The maximum atomic E-state index is 12.5. The van der Waals surface area contributed by atoms with Crippen molar-refractivity contribution in [3.05, 3.63) is 42.0 Å². The van der Waals surface area contributed by atoms with E-state index < -0.39 is 0 Å². The Morgan fingerprint density at radius 2 is 1.66 bits per heavy atom. The van der Waals surface area contributed by atoms with E-state index >= 15 is 0 Å². The fourth-order valence-electron chi connectivity index (χ4n) is 3.63. The van der Waals surface area contributed by atoms with Crippen LogP contribution in [-0.2, 0) is 11.2 Å². The molecule has 7 heteroatoms. The number of hydrogen-bond donors (Lipinski definition) is 2. The van der Waals surface area contributed by atoms with Crippen molar-refractivity contribution in [3.8, 4) is 11.5 Å². The first-order valence-corrected chi connectivity index (χ1v) is 9.83. The summed E-state index contributed by atoms with van der Waals surface area (Å²) in [5.41, 5.74) is 3.32. The number of amides is 3. The fourth-order valence-corrected chi connectivity index (χ4v) is 3.63. The first kappa shape index (κ1) is 19.1. The zero-order valence-electron chi connectivity index (χ0n) is 16.7. The maximum Gasteiger partial charge on any atom is 0.323 e. The molecule has 152 valence electrons. The minimum atomic E-state index is -0.359. The SMILES string of the molecule is COc1cc(NC(=O)Nc2ccc3c(c2)CCCN3C(=O)C2CC2)cc(OC)c1. The van der Waals surface area contributed by atoms with Crippen molar-refractivity contribution in [1.82, 2.24) is 0 Å². The van der Waals surface area contributed by atoms with Gasteiger partial charge in [0, 0.05) is 47.7 Å². The van der Waals surface area contributed by atoms with Crippen LogP contribution in [0.4, 0.5) is 21.9 Å². The second-order valence-electron chi connectivity index (χ2n) is 7.39. The summed E-state index contributed by atoms with van der Waals surface area (Å²) in [6, 6.07) is 10.5. The summed E-state index contributed by atoms with van der Waals surface area (Å²) >= 11 is 0. The largest absolute Gasteiger partial charge is 0.497 e. The number of anilines is 3. The van der Waals surface area contributed by atoms with Crippen molar-refractivity contribution in [2.45, 2.75) is 25.7 Å². The Morgan fingerprint density at radius 3 is 2.31 bits per heavy atom. The Balaban J connectivity index is 1.46. The molecule has 4 rings (SSSR count). The van der Waals surface area contributed by atoms with Crippen molar-refractivity contribution >= 4 is 29.0 Å². The number of nitrogens with zero attached hydrogens (tertiary/aromatic N) is 1. The molecule has 2 aromatic rings. The van der Waals surface area contributed by atoms with Gasteiger partial charge in [0.15, 0.2) is 0 Å². The van der Waals surface area contributed by atoms with E-state index in [2.05, 4.69) is 10.6 Å². The molecule has 0 radical (unpaired) electrons. The molecule has 1 saturated carbocycles. The van der Waals surface area contributed by atoms with E-state index in [0.29, 0.717) is 22.9 Å². The molecule has 2 aliphatic rings. The number of carbonyl (C=O) groups excluding carboxylic acids is 2. The van der Waals surface area contributed by atoms with Crippen molar-refractivity contribution < 1.29 is 19.1 Å². The number of benzene rings is 2. The number of aryl methyl sites for hydroxylation is 1. The van der Waals surface area contributed by atoms with Crippen molar-refractivity contribution in [2.24, 2.45) is 5.92 Å². The molecule has 1 aliphatic heterocycles. The Kier molecular flexibility index (Phi) is 5.29. The van der Waals surface area contributed by atoms with Crippen LogP contribution in [0.15, 0.2) is 36.4 Å². The van der Waals surface area contributed by atoms with Gasteiger partial charge in [-0.15, -0.1) is 0 Å². The molecule has 1 aliphatic carbocycles. The van der Waals surface area contributed by atoms with Crippen LogP contribution in [0.5, 0.6) is 11.5 Å². The number of carbonyl (C=O) groups is 2. The van der Waals surface area contributed by atoms with Gasteiger partial charge in [-0.3, -0.25) is 4.79 Å². The highest BCUT2D eigenvalue weighted by molar-refractivity contribution is 6.01. The standard InChI is InChI=1S/C22H25N3O4/c1-28-18-11-17(12-19(13-18)29-2)24-22(27)23-16-7-8-20-15(10-16)4-3-9-25(20)21(26)14-5-6-14/h7-8,10-14H,3-6,9H2,1-2H3,(H2,23,24,27). The summed E-state index contributed by atoms with van der Waals surface area (Å²) in [5, 5.41) is 5.66. The third-order valence-corrected chi connectivity index (χ3v) is 5.26. The van der Waals surface area contributed by atoms with Crippen LogP contribution < -0.4 is 25.0 Å². The van der Waals surface area contributed by atoms with E-state index in [0.717, 1.165) is 43.5 Å². The molecule has 0 aromatic heterocycles. The van der Waals surface area contributed by atoms with Gasteiger partial charge >= 0.3 is 6.03 Å². The Morgan fingerprint density at radius 1 is 0.966 bits per heavy atom. The van der Waals surface area contributed by atoms with E-state index in [-0.39, 0.29) is 17.9 Å². The monoisotopic (exact) mass is 395 g/mol. The predicted octanol–water partition coefficient (Wildman–Crippen LogP) is 4.04. The lowest BCUT2D eigenvalue weighted by molar-refractivity contribution is -0.119. The van der Waals surface area contributed by atoms with E-state index in [9.17, 15) is 9.59 Å². The highest BCUT2D eigenvalue weighted by atomic mass is 16.5. The van der Waals surface area contributed by atoms with Gasteiger partial charge in [-0.1, -0.05) is 0 Å². The van der Waals surface area contributed by atoms with Crippen LogP contribution in [0.2, 0.25) is 0 Å². The summed E-state index contributed by atoms with van der Waals surface area (Å²) in [5.74, 6) is 1.61. The zero-order valence-corrected chi connectivity index (χ0v) is 16.7. The highest BCUT2D eigenvalue weighted by Gasteiger charge is 2.35. The third-order valence-electron chi connectivity index (χ3n) is 5.26. The quantitative estimate of drug-likeness (QED) is 0.801. The van der Waals surface area contributed by atoms with Crippen LogP contribution in [0.3, 0.4) is 0 Å². The number of rotatable bonds is 5. The van der Waals surface area contributed by atoms with E-state index in [1.807, 2.05) is 23.1 Å². The minimum Gasteiger partial charge on any atom is -0.497 e. The molecule has 0 spiro atoms. The number of nitrogens with one attached hydrogen (secondary N) is 2. The van der Waals surface area contributed by atoms with Gasteiger partial charge in [0.2, 0.25) is 5.91 Å². The van der Waals surface area contributed by atoms with Gasteiger partial charge in [0.05, 0.1) is 14.2 Å². The summed E-state index contributed by atoms with van der Waals surface area (Å²) in [4.78, 5) is 26.9. The summed E-state index contributed by atoms with van der Waals surface area (Å²) in [7, 11) is 3.12. The smallest absolute Gasteiger partial charge is 0.323 e. The molecule has 2 aromatic carbocycles. The normalized spacial score (nSPS) is 15.3. The number of fused-ring (bicyclic) bond motifs is 1. The molecular formula is C22H25N3O4. The van der Waals surface area contributed by atoms with E-state index in [1.54, 1.807) is 32.4 Å². The number of ether oxygens (including phenoxy) is 2. The minimum absolute atomic E-state index is 0.199. The van der Waals surface area contributed by atoms with Gasteiger partial charge in [-0.05, 0) is 49.4 Å². The second kappa shape index (κ2) is 8.03. The number of urea groups is 1. The van der Waals surface area contributed by atoms with Crippen LogP contribution in [0.1, 0.15) is 24.8 Å². The first-order valence-electron chi connectivity index (χ1n) is 9.83. The molecule has 2 N–H and O–H groups in total. The third kappa shape index (κ3) is 4.29. The average Bonchev–Trinajstić information content (AvgIpc) is 3.57. The Hall–Kier alpha value is -3.22. The molecule has 0 bridgehead atoms. The summed E-state index contributed by atoms with van der Waals surface area (Å²) in [6.07, 6.45) is 3.83. The molecule has 0 atom stereocenters. The lowest BCUT2D eigenvalue weighted by Gasteiger charge is -2.30. The van der Waals surface area contributed by atoms with Crippen molar-refractivity contribution in [2.75, 3.05) is 36.3 Å². The fraction of sp³-hybridized carbons (Fsp3) is 0.364. The van der Waals surface area contributed by atoms with Gasteiger partial charge in [-0.2, -0.15) is 0 Å². The Labute approximate surface area is 170 Å². The molecular weight excluding hydrogens is 370 g/mol. The van der Waals surface area contributed by atoms with Crippen LogP contribution in [0, 0.1) is 5.92 Å². The van der Waals surface area contributed by atoms with E-state index in [1.165, 1.54) is 0 Å². The molecule has 0 saturated heterocycles. The van der Waals surface area contributed by atoms with Gasteiger partial charge in [0.1, 0.15) is 11.5 Å². The van der Waals surface area contributed by atoms with Gasteiger partial charge in [0.25, 0.3) is 0 Å². The summed E-state index contributed by atoms with van der Waals surface area (Å²) in [6.45, 7) is 0.771. The maximum absolute atomic E-state index is 12.5. The van der Waals surface area contributed by atoms with Crippen molar-refractivity contribution in [3.63, 3.8) is 0 Å². The lowest BCUT2D eigenvalue weighted by Crippen LogP contribution is -2.36.